The Kier molecular flexibility index (Phi) is 4.81. The number of furan rings is 2. The fourth-order valence-corrected chi connectivity index (χ4v) is 5.20. The predicted octanol–water partition coefficient (Wildman–Crippen LogP) is 7.18. The third-order valence-corrected chi connectivity index (χ3v) is 7.07. The van der Waals surface area contributed by atoms with Crippen molar-refractivity contribution in [2.24, 2.45) is 0 Å². The molecule has 0 saturated carbocycles. The molecular formula is C31H19F2N3O2. The number of pyridine rings is 1. The lowest BCUT2D eigenvalue weighted by Crippen LogP contribution is -2.23. The molecule has 184 valence electrons. The first-order valence-corrected chi connectivity index (χ1v) is 12.0. The molecule has 3 heterocycles. The van der Waals surface area contributed by atoms with Crippen molar-refractivity contribution in [2.75, 3.05) is 5.73 Å². The van der Waals surface area contributed by atoms with Gasteiger partial charge in [-0.1, -0.05) is 30.3 Å². The molecule has 38 heavy (non-hydrogen) atoms. The number of hydrogen-bond acceptors (Lipinski definition) is 4. The normalized spacial score (nSPS) is 11.7. The monoisotopic (exact) mass is 503 g/mol. The van der Waals surface area contributed by atoms with Gasteiger partial charge >= 0.3 is 0 Å². The Balaban J connectivity index is 1.23. The van der Waals surface area contributed by atoms with Crippen LogP contribution in [0.1, 0.15) is 15.9 Å². The summed E-state index contributed by atoms with van der Waals surface area (Å²) < 4.78 is 33.9. The van der Waals surface area contributed by atoms with Gasteiger partial charge in [0.05, 0.1) is 0 Å². The van der Waals surface area contributed by atoms with Crippen molar-refractivity contribution in [1.82, 2.24) is 10.3 Å². The topological polar surface area (TPSA) is 81.1 Å². The number of halogens is 2. The van der Waals surface area contributed by atoms with Crippen molar-refractivity contribution in [3.63, 3.8) is 0 Å². The summed E-state index contributed by atoms with van der Waals surface area (Å²) in [6.45, 7) is 0.295. The minimum Gasteiger partial charge on any atom is -0.455 e. The first kappa shape index (κ1) is 22.2. The molecule has 0 fully saturated rings. The molecular weight excluding hydrogens is 484 g/mol. The van der Waals surface area contributed by atoms with E-state index in [-0.39, 0.29) is 5.91 Å². The van der Waals surface area contributed by atoms with Crippen LogP contribution in [0, 0.1) is 11.6 Å². The van der Waals surface area contributed by atoms with Crippen LogP contribution in [-0.4, -0.2) is 10.9 Å². The average Bonchev–Trinajstić information content (AvgIpc) is 3.50. The molecule has 0 radical (unpaired) electrons. The number of amides is 1. The van der Waals surface area contributed by atoms with Gasteiger partial charge in [0.2, 0.25) is 0 Å². The second-order valence-electron chi connectivity index (χ2n) is 9.30. The fraction of sp³-hybridized carbons (Fsp3) is 0.0323. The highest BCUT2D eigenvalue weighted by molar-refractivity contribution is 6.26. The molecule has 0 atom stereocenters. The van der Waals surface area contributed by atoms with Gasteiger partial charge in [-0.2, -0.15) is 0 Å². The van der Waals surface area contributed by atoms with Gasteiger partial charge in [0, 0.05) is 56.9 Å². The molecule has 0 spiro atoms. The second-order valence-corrected chi connectivity index (χ2v) is 9.30. The lowest BCUT2D eigenvalue weighted by molar-refractivity contribution is 0.0951. The number of carbonyl (C=O) groups excluding carboxylic acids is 1. The summed E-state index contributed by atoms with van der Waals surface area (Å²) >= 11 is 0. The van der Waals surface area contributed by atoms with Crippen LogP contribution < -0.4 is 11.1 Å². The number of carbonyl (C=O) groups is 1. The van der Waals surface area contributed by atoms with Gasteiger partial charge < -0.3 is 15.5 Å². The van der Waals surface area contributed by atoms with E-state index in [1.807, 2.05) is 42.5 Å². The van der Waals surface area contributed by atoms with E-state index in [2.05, 4.69) is 10.3 Å². The molecule has 7 aromatic rings. The maximum Gasteiger partial charge on any atom is 0.251 e. The number of anilines is 1. The zero-order valence-electron chi connectivity index (χ0n) is 19.9. The number of aromatic nitrogens is 1. The molecule has 3 N–H and O–H groups in total. The Morgan fingerprint density at radius 3 is 2.37 bits per heavy atom. The second kappa shape index (κ2) is 8.24. The summed E-state index contributed by atoms with van der Waals surface area (Å²) in [6, 6.07) is 22.2. The molecule has 0 saturated heterocycles. The Labute approximate surface area is 214 Å². The zero-order valence-corrected chi connectivity index (χ0v) is 19.9. The van der Waals surface area contributed by atoms with E-state index >= 15 is 0 Å². The number of nitrogens with two attached hydrogens (primary N) is 1. The molecule has 7 heteroatoms. The molecule has 0 aliphatic heterocycles. The SMILES string of the molecule is Nc1ncc(CNC(=O)c2ccc3c(c2)c2oc3c3ccc(-c4ccc(F)cc4F)cc32)c2ccccc12. The standard InChI is InChI=1S/C31H19F2N3O2/c32-19-7-10-21(27(33)13-19)16-5-8-22-25(11-16)29-26-12-17(6-9-23(26)28(22)38-29)31(37)36-15-18-14-35-30(34)24-4-2-1-3-20(18)24/h1-14H,15H2,(H2,34,35)(H,36,37). The molecule has 3 aromatic heterocycles. The van der Waals surface area contributed by atoms with Gasteiger partial charge in [-0.15, -0.1) is 0 Å². The summed E-state index contributed by atoms with van der Waals surface area (Å²) in [4.78, 5) is 17.3. The first-order valence-electron chi connectivity index (χ1n) is 12.0. The molecule has 0 aliphatic rings. The molecule has 5 nitrogen and oxygen atoms in total. The number of nitrogen functional groups attached to an aromatic ring is 1. The Morgan fingerprint density at radius 1 is 0.816 bits per heavy atom. The van der Waals surface area contributed by atoms with Crippen LogP contribution in [-0.2, 0) is 6.54 Å². The summed E-state index contributed by atoms with van der Waals surface area (Å²) in [5.74, 6) is -1.04. The highest BCUT2D eigenvalue weighted by Gasteiger charge is 2.20. The van der Waals surface area contributed by atoms with Crippen LogP contribution in [0.2, 0.25) is 0 Å². The molecule has 0 aliphatic carbocycles. The predicted molar refractivity (Wildman–Crippen MR) is 145 cm³/mol. The van der Waals surface area contributed by atoms with Gasteiger partial charge in [-0.3, -0.25) is 4.79 Å². The maximum absolute atomic E-state index is 14.4. The van der Waals surface area contributed by atoms with Crippen molar-refractivity contribution in [3.05, 3.63) is 108 Å². The first-order chi connectivity index (χ1) is 18.5. The van der Waals surface area contributed by atoms with Crippen molar-refractivity contribution in [1.29, 1.82) is 0 Å². The van der Waals surface area contributed by atoms with Gasteiger partial charge in [0.1, 0.15) is 28.6 Å². The summed E-state index contributed by atoms with van der Waals surface area (Å²) in [5, 5.41) is 8.18. The fourth-order valence-electron chi connectivity index (χ4n) is 5.20. The Hall–Kier alpha value is -5.04. The lowest BCUT2D eigenvalue weighted by atomic mass is 9.97. The smallest absolute Gasteiger partial charge is 0.251 e. The largest absolute Gasteiger partial charge is 0.455 e. The highest BCUT2D eigenvalue weighted by atomic mass is 19.1. The number of hydrogen-bond donors (Lipinski definition) is 2. The van der Waals surface area contributed by atoms with Crippen LogP contribution in [0.5, 0.6) is 0 Å². The highest BCUT2D eigenvalue weighted by Crippen LogP contribution is 2.42. The number of fused-ring (bicyclic) bond motifs is 9. The van der Waals surface area contributed by atoms with E-state index < -0.39 is 11.6 Å². The quantitative estimate of drug-likeness (QED) is 0.249. The van der Waals surface area contributed by atoms with Crippen LogP contribution in [0.3, 0.4) is 0 Å². The lowest BCUT2D eigenvalue weighted by Gasteiger charge is -2.10. The zero-order chi connectivity index (χ0) is 26.0. The minimum absolute atomic E-state index is 0.232. The molecule has 7 rings (SSSR count). The molecule has 0 unspecified atom stereocenters. The van der Waals surface area contributed by atoms with Crippen LogP contribution >= 0.6 is 0 Å². The summed E-state index contributed by atoms with van der Waals surface area (Å²) in [5.41, 5.74) is 9.61. The minimum atomic E-state index is -0.630. The number of rotatable bonds is 4. The van der Waals surface area contributed by atoms with E-state index in [1.54, 1.807) is 24.4 Å². The van der Waals surface area contributed by atoms with Gasteiger partial charge in [0.15, 0.2) is 0 Å². The average molecular weight is 504 g/mol. The van der Waals surface area contributed by atoms with E-state index in [4.69, 9.17) is 10.2 Å². The Morgan fingerprint density at radius 2 is 1.55 bits per heavy atom. The van der Waals surface area contributed by atoms with Crippen LogP contribution in [0.15, 0.2) is 89.5 Å². The van der Waals surface area contributed by atoms with Crippen molar-refractivity contribution in [3.8, 4) is 11.1 Å². The van der Waals surface area contributed by atoms with Gasteiger partial charge in [-0.05, 0) is 59.0 Å². The number of nitrogens with zero attached hydrogens (tertiary/aromatic N) is 1. The number of benzene rings is 5. The van der Waals surface area contributed by atoms with Crippen molar-refractivity contribution < 1.29 is 18.0 Å². The van der Waals surface area contributed by atoms with Crippen LogP contribution in [0.4, 0.5) is 14.6 Å². The summed E-state index contributed by atoms with van der Waals surface area (Å²) in [7, 11) is 0. The maximum atomic E-state index is 14.4. The summed E-state index contributed by atoms with van der Waals surface area (Å²) in [6.07, 6.45) is 1.68. The van der Waals surface area contributed by atoms with E-state index in [0.29, 0.717) is 40.2 Å². The third-order valence-electron chi connectivity index (χ3n) is 7.07. The number of nitrogens with one attached hydrogen (secondary N) is 1. The van der Waals surface area contributed by atoms with Crippen molar-refractivity contribution in [2.45, 2.75) is 6.54 Å². The van der Waals surface area contributed by atoms with Gasteiger partial charge in [0.25, 0.3) is 5.91 Å². The van der Waals surface area contributed by atoms with Crippen LogP contribution in [0.25, 0.3) is 54.6 Å². The molecule has 4 aromatic carbocycles. The molecule has 2 bridgehead atoms. The van der Waals surface area contributed by atoms with E-state index in [0.717, 1.165) is 43.9 Å². The van der Waals surface area contributed by atoms with Crippen molar-refractivity contribution >= 4 is 55.2 Å². The van der Waals surface area contributed by atoms with E-state index in [1.165, 1.54) is 12.1 Å². The van der Waals surface area contributed by atoms with Gasteiger partial charge in [-0.25, -0.2) is 13.8 Å². The molecule has 1 amide bonds. The van der Waals surface area contributed by atoms with E-state index in [9.17, 15) is 13.6 Å². The third kappa shape index (κ3) is 3.36. The Bertz CT molecular complexity index is 2050.